The number of piperidine rings is 2. The molecule has 0 amide bonds. The number of hydrogen-bond donors (Lipinski definition) is 0. The predicted molar refractivity (Wildman–Crippen MR) is 144 cm³/mol. The van der Waals surface area contributed by atoms with Gasteiger partial charge in [0.2, 0.25) is 0 Å². The molecule has 0 saturated carbocycles. The van der Waals surface area contributed by atoms with Crippen LogP contribution in [0.2, 0.25) is 0 Å². The van der Waals surface area contributed by atoms with Crippen LogP contribution >= 0.6 is 0 Å². The fourth-order valence-electron chi connectivity index (χ4n) is 6.18. The van der Waals surface area contributed by atoms with Gasteiger partial charge in [-0.1, -0.05) is 13.0 Å². The summed E-state index contributed by atoms with van der Waals surface area (Å²) in [4.78, 5) is 12.2. The lowest BCUT2D eigenvalue weighted by atomic mass is 9.96. The Morgan fingerprint density at radius 2 is 1.69 bits per heavy atom. The molecule has 0 unspecified atom stereocenters. The summed E-state index contributed by atoms with van der Waals surface area (Å²) in [6.07, 6.45) is 8.71. The summed E-state index contributed by atoms with van der Waals surface area (Å²) in [5, 5.41) is 0. The normalized spacial score (nSPS) is 22.8. The first-order chi connectivity index (χ1) is 17.7. The summed E-state index contributed by atoms with van der Waals surface area (Å²) < 4.78 is 25.3. The van der Waals surface area contributed by atoms with Crippen LogP contribution in [0.25, 0.3) is 0 Å². The highest BCUT2D eigenvalue weighted by molar-refractivity contribution is 5.58. The Labute approximate surface area is 215 Å². The van der Waals surface area contributed by atoms with Gasteiger partial charge in [0.05, 0.1) is 25.3 Å². The highest BCUT2D eigenvalue weighted by atomic mass is 19.1. The number of anilines is 3. The maximum absolute atomic E-state index is 13.9. The van der Waals surface area contributed by atoms with Crippen molar-refractivity contribution in [2.45, 2.75) is 57.5 Å². The van der Waals surface area contributed by atoms with E-state index in [9.17, 15) is 4.39 Å². The zero-order valence-electron chi connectivity index (χ0n) is 21.7. The van der Waals surface area contributed by atoms with Crippen LogP contribution in [0.4, 0.5) is 21.6 Å². The van der Waals surface area contributed by atoms with Crippen molar-refractivity contribution < 1.29 is 13.9 Å². The minimum Gasteiger partial charge on any atom is -0.379 e. The second-order valence-electron chi connectivity index (χ2n) is 10.4. The molecule has 0 N–H and O–H groups in total. The first-order valence-corrected chi connectivity index (χ1v) is 13.9. The highest BCUT2D eigenvalue weighted by Crippen LogP contribution is 2.37. The molecular weight excluding hydrogens is 455 g/mol. The molecule has 0 radical (unpaired) electrons. The van der Waals surface area contributed by atoms with E-state index in [2.05, 4.69) is 33.8 Å². The van der Waals surface area contributed by atoms with E-state index >= 15 is 0 Å². The van der Waals surface area contributed by atoms with Gasteiger partial charge < -0.3 is 24.2 Å². The first kappa shape index (κ1) is 25.3. The summed E-state index contributed by atoms with van der Waals surface area (Å²) in [5.74, 6) is 1.55. The SMILES string of the molecule is CCCOCCOCC1CCN(c2ccnc(N3CC[C@@H]4[C@H]3CCCN4c3cccc(F)c3)c2)CC1. The number of ether oxygens (including phenoxy) is 2. The van der Waals surface area contributed by atoms with Gasteiger partial charge in [0.25, 0.3) is 0 Å². The molecule has 0 bridgehead atoms. The number of halogens is 1. The quantitative estimate of drug-likeness (QED) is 0.425. The number of pyridine rings is 1. The van der Waals surface area contributed by atoms with Crippen LogP contribution in [0.1, 0.15) is 45.4 Å². The summed E-state index contributed by atoms with van der Waals surface area (Å²) in [6, 6.07) is 12.3. The molecule has 3 aliphatic rings. The molecule has 1 aromatic heterocycles. The lowest BCUT2D eigenvalue weighted by Gasteiger charge is -2.41. The number of nitrogens with zero attached hydrogens (tertiary/aromatic N) is 4. The molecule has 5 rings (SSSR count). The summed E-state index contributed by atoms with van der Waals surface area (Å²) in [5.41, 5.74) is 2.28. The van der Waals surface area contributed by atoms with E-state index in [0.29, 0.717) is 31.2 Å². The molecule has 3 saturated heterocycles. The average molecular weight is 497 g/mol. The molecule has 1 aromatic carbocycles. The standard InChI is InChI=1S/C29H41FN4O2/c1-2-17-35-18-19-36-22-23-9-14-32(15-10-23)25-8-12-31-29(21-25)34-16-11-28-27(34)7-4-13-33(28)26-6-3-5-24(30)20-26/h3,5-6,8,12,20-21,23,27-28H,2,4,7,9-11,13-19,22H2,1H3/t27-,28-/m1/s1. The number of hydrogen-bond acceptors (Lipinski definition) is 6. The zero-order chi connectivity index (χ0) is 24.7. The van der Waals surface area contributed by atoms with Crippen LogP contribution < -0.4 is 14.7 Å². The van der Waals surface area contributed by atoms with Crippen LogP contribution in [0.3, 0.4) is 0 Å². The van der Waals surface area contributed by atoms with Gasteiger partial charge in [-0.3, -0.25) is 0 Å². The van der Waals surface area contributed by atoms with Crippen LogP contribution in [-0.2, 0) is 9.47 Å². The zero-order valence-corrected chi connectivity index (χ0v) is 21.7. The molecule has 3 fully saturated rings. The Hall–Kier alpha value is -2.38. The van der Waals surface area contributed by atoms with E-state index in [0.717, 1.165) is 89.4 Å². The van der Waals surface area contributed by atoms with E-state index in [1.165, 1.54) is 11.8 Å². The molecule has 0 spiro atoms. The van der Waals surface area contributed by atoms with Crippen molar-refractivity contribution in [2.75, 3.05) is 67.3 Å². The molecule has 2 atom stereocenters. The van der Waals surface area contributed by atoms with Gasteiger partial charge in [-0.15, -0.1) is 0 Å². The van der Waals surface area contributed by atoms with Crippen LogP contribution in [-0.4, -0.2) is 69.7 Å². The predicted octanol–water partition coefficient (Wildman–Crippen LogP) is 5.13. The minimum atomic E-state index is -0.157. The molecule has 3 aliphatic heterocycles. The van der Waals surface area contributed by atoms with E-state index in [1.54, 1.807) is 6.07 Å². The molecule has 196 valence electrons. The maximum Gasteiger partial charge on any atom is 0.130 e. The second-order valence-corrected chi connectivity index (χ2v) is 10.4. The average Bonchev–Trinajstić information content (AvgIpc) is 3.36. The van der Waals surface area contributed by atoms with E-state index in [4.69, 9.17) is 14.5 Å². The van der Waals surface area contributed by atoms with Gasteiger partial charge in [0, 0.05) is 63.0 Å². The topological polar surface area (TPSA) is 41.1 Å². The van der Waals surface area contributed by atoms with Gasteiger partial charge >= 0.3 is 0 Å². The van der Waals surface area contributed by atoms with Gasteiger partial charge in [0.15, 0.2) is 0 Å². The molecule has 0 aliphatic carbocycles. The van der Waals surface area contributed by atoms with Crippen LogP contribution in [0.5, 0.6) is 0 Å². The third-order valence-electron chi connectivity index (χ3n) is 8.03. The van der Waals surface area contributed by atoms with Crippen LogP contribution in [0.15, 0.2) is 42.6 Å². The number of aromatic nitrogens is 1. The third-order valence-corrected chi connectivity index (χ3v) is 8.03. The van der Waals surface area contributed by atoms with Crippen molar-refractivity contribution in [1.29, 1.82) is 0 Å². The minimum absolute atomic E-state index is 0.157. The van der Waals surface area contributed by atoms with Crippen molar-refractivity contribution in [1.82, 2.24) is 4.98 Å². The van der Waals surface area contributed by atoms with Crippen molar-refractivity contribution in [3.8, 4) is 0 Å². The summed E-state index contributed by atoms with van der Waals surface area (Å²) in [6.45, 7) is 9.29. The van der Waals surface area contributed by atoms with Gasteiger partial charge in [0.1, 0.15) is 11.6 Å². The summed E-state index contributed by atoms with van der Waals surface area (Å²) in [7, 11) is 0. The molecule has 6 nitrogen and oxygen atoms in total. The molecule has 36 heavy (non-hydrogen) atoms. The lowest BCUT2D eigenvalue weighted by Crippen LogP contribution is -2.50. The Bertz CT molecular complexity index is 968. The lowest BCUT2D eigenvalue weighted by molar-refractivity contribution is 0.0300. The third kappa shape index (κ3) is 5.94. The Kier molecular flexibility index (Phi) is 8.59. The van der Waals surface area contributed by atoms with Crippen molar-refractivity contribution in [2.24, 2.45) is 5.92 Å². The molecule has 4 heterocycles. The Morgan fingerprint density at radius 1 is 0.861 bits per heavy atom. The maximum atomic E-state index is 13.9. The number of benzene rings is 1. The summed E-state index contributed by atoms with van der Waals surface area (Å²) >= 11 is 0. The second kappa shape index (κ2) is 12.2. The smallest absolute Gasteiger partial charge is 0.130 e. The van der Waals surface area contributed by atoms with E-state index in [-0.39, 0.29) is 5.82 Å². The Balaban J connectivity index is 1.16. The van der Waals surface area contributed by atoms with Crippen molar-refractivity contribution >= 4 is 17.2 Å². The molecule has 2 aromatic rings. The van der Waals surface area contributed by atoms with Gasteiger partial charge in [-0.2, -0.15) is 0 Å². The van der Waals surface area contributed by atoms with Gasteiger partial charge in [-0.25, -0.2) is 9.37 Å². The van der Waals surface area contributed by atoms with Crippen molar-refractivity contribution in [3.63, 3.8) is 0 Å². The van der Waals surface area contributed by atoms with E-state index < -0.39 is 0 Å². The number of fused-ring (bicyclic) bond motifs is 1. The molecule has 7 heteroatoms. The number of rotatable bonds is 10. The van der Waals surface area contributed by atoms with Crippen LogP contribution in [0, 0.1) is 11.7 Å². The van der Waals surface area contributed by atoms with Gasteiger partial charge in [-0.05, 0) is 68.7 Å². The monoisotopic (exact) mass is 496 g/mol. The van der Waals surface area contributed by atoms with Crippen molar-refractivity contribution in [3.05, 3.63) is 48.4 Å². The fourth-order valence-corrected chi connectivity index (χ4v) is 6.18. The first-order valence-electron chi connectivity index (χ1n) is 13.9. The Morgan fingerprint density at radius 3 is 2.53 bits per heavy atom. The largest absolute Gasteiger partial charge is 0.379 e. The fraction of sp³-hybridized carbons (Fsp3) is 0.621. The van der Waals surface area contributed by atoms with E-state index in [1.807, 2.05) is 18.3 Å². The highest BCUT2D eigenvalue weighted by Gasteiger charge is 2.41. The molecular formula is C29H41FN4O2.